The summed E-state index contributed by atoms with van der Waals surface area (Å²) in [6, 6.07) is 5.43. The Balaban J connectivity index is 1.48. The number of piperidine rings is 1. The van der Waals surface area contributed by atoms with Crippen LogP contribution in [-0.2, 0) is 21.4 Å². The van der Waals surface area contributed by atoms with Crippen LogP contribution >= 0.6 is 0 Å². The number of imide groups is 1. The molecule has 2 heterocycles. The lowest BCUT2D eigenvalue weighted by atomic mass is 9.93. The Morgan fingerprint density at radius 1 is 1.33 bits per heavy atom. The maximum Gasteiger partial charge on any atom is 0.257 e. The largest absolute Gasteiger partial charge is 0.484 e. The molecule has 1 aliphatic carbocycles. The predicted octanol–water partition coefficient (Wildman–Crippen LogP) is 0.998. The van der Waals surface area contributed by atoms with Crippen LogP contribution in [0, 0.1) is 5.92 Å². The third-order valence-electron chi connectivity index (χ3n) is 5.08. The van der Waals surface area contributed by atoms with Gasteiger partial charge in [-0.05, 0) is 37.3 Å². The van der Waals surface area contributed by atoms with E-state index in [4.69, 9.17) is 4.74 Å². The Bertz CT molecular complexity index is 916. The van der Waals surface area contributed by atoms with Crippen LogP contribution in [0.5, 0.6) is 5.75 Å². The molecule has 1 saturated carbocycles. The van der Waals surface area contributed by atoms with Crippen molar-refractivity contribution in [3.63, 3.8) is 0 Å². The molecule has 1 atom stereocenters. The van der Waals surface area contributed by atoms with Crippen molar-refractivity contribution in [2.75, 3.05) is 13.2 Å². The summed E-state index contributed by atoms with van der Waals surface area (Å²) < 4.78 is 7.29. The van der Waals surface area contributed by atoms with E-state index in [0.717, 1.165) is 17.4 Å². The first-order chi connectivity index (χ1) is 13.0. The smallest absolute Gasteiger partial charge is 0.257 e. The van der Waals surface area contributed by atoms with E-state index in [-0.39, 0.29) is 24.3 Å². The van der Waals surface area contributed by atoms with Gasteiger partial charge in [0, 0.05) is 31.5 Å². The van der Waals surface area contributed by atoms with Crippen molar-refractivity contribution in [1.82, 2.24) is 20.4 Å². The van der Waals surface area contributed by atoms with Gasteiger partial charge in [0.1, 0.15) is 5.75 Å². The normalized spacial score (nSPS) is 19.8. The molecule has 8 heteroatoms. The molecule has 2 fully saturated rings. The van der Waals surface area contributed by atoms with Crippen LogP contribution < -0.4 is 15.4 Å². The minimum Gasteiger partial charge on any atom is -0.484 e. The van der Waals surface area contributed by atoms with Crippen LogP contribution in [0.4, 0.5) is 0 Å². The summed E-state index contributed by atoms with van der Waals surface area (Å²) in [5.41, 5.74) is 1.47. The molecular formula is C19H22N4O4. The Morgan fingerprint density at radius 3 is 2.89 bits per heavy atom. The molecule has 1 aromatic carbocycles. The van der Waals surface area contributed by atoms with Gasteiger partial charge in [-0.3, -0.25) is 24.4 Å². The van der Waals surface area contributed by atoms with Crippen LogP contribution in [0.1, 0.15) is 37.3 Å². The lowest BCUT2D eigenvalue weighted by Gasteiger charge is -2.19. The topological polar surface area (TPSA) is 102 Å². The van der Waals surface area contributed by atoms with Crippen LogP contribution in [0.2, 0.25) is 0 Å². The fraction of sp³-hybridized carbons (Fsp3) is 0.474. The minimum atomic E-state index is -0.439. The fourth-order valence-corrected chi connectivity index (χ4v) is 3.35. The van der Waals surface area contributed by atoms with Gasteiger partial charge in [0.05, 0.1) is 17.1 Å². The number of carbonyl (C=O) groups is 3. The van der Waals surface area contributed by atoms with Gasteiger partial charge in [0.2, 0.25) is 11.8 Å². The average molecular weight is 370 g/mol. The van der Waals surface area contributed by atoms with E-state index in [1.165, 1.54) is 12.8 Å². The van der Waals surface area contributed by atoms with Crippen molar-refractivity contribution in [1.29, 1.82) is 0 Å². The van der Waals surface area contributed by atoms with Crippen LogP contribution in [0.25, 0.3) is 10.9 Å². The molecular weight excluding hydrogens is 348 g/mol. The Hall–Kier alpha value is -2.90. The third-order valence-corrected chi connectivity index (χ3v) is 5.08. The molecule has 2 N–H and O–H groups in total. The molecule has 2 aromatic rings. The van der Waals surface area contributed by atoms with Crippen LogP contribution in [0.3, 0.4) is 0 Å². The lowest BCUT2D eigenvalue weighted by molar-refractivity contribution is -0.134. The molecule has 0 spiro atoms. The number of aryl methyl sites for hydroxylation is 1. The van der Waals surface area contributed by atoms with Gasteiger partial charge in [-0.15, -0.1) is 0 Å². The second kappa shape index (κ2) is 7.02. The van der Waals surface area contributed by atoms with Gasteiger partial charge in [-0.1, -0.05) is 0 Å². The summed E-state index contributed by atoms with van der Waals surface area (Å²) in [4.78, 5) is 35.4. The highest BCUT2D eigenvalue weighted by molar-refractivity contribution is 6.02. The highest BCUT2D eigenvalue weighted by Crippen LogP contribution is 2.32. The molecule has 1 unspecified atom stereocenters. The Kier molecular flexibility index (Phi) is 4.55. The summed E-state index contributed by atoms with van der Waals surface area (Å²) in [6.45, 7) is 0.689. The van der Waals surface area contributed by atoms with E-state index in [9.17, 15) is 14.4 Å². The van der Waals surface area contributed by atoms with Crippen molar-refractivity contribution in [3.8, 4) is 5.75 Å². The minimum absolute atomic E-state index is 0.0317. The second-order valence-electron chi connectivity index (χ2n) is 7.23. The highest BCUT2D eigenvalue weighted by Gasteiger charge is 2.31. The predicted molar refractivity (Wildman–Crippen MR) is 97.1 cm³/mol. The first kappa shape index (κ1) is 17.5. The average Bonchev–Trinajstić information content (AvgIpc) is 3.42. The van der Waals surface area contributed by atoms with Gasteiger partial charge >= 0.3 is 0 Å². The number of ether oxygens (including phenoxy) is 1. The molecule has 2 aliphatic rings. The summed E-state index contributed by atoms with van der Waals surface area (Å²) in [5, 5.41) is 10.6. The number of nitrogens with zero attached hydrogens (tertiary/aromatic N) is 2. The van der Waals surface area contributed by atoms with Crippen LogP contribution in [-0.4, -0.2) is 40.7 Å². The molecule has 27 heavy (non-hydrogen) atoms. The van der Waals surface area contributed by atoms with Crippen molar-refractivity contribution in [2.24, 2.45) is 13.0 Å². The lowest BCUT2D eigenvalue weighted by Crippen LogP contribution is -2.39. The van der Waals surface area contributed by atoms with Crippen molar-refractivity contribution in [2.45, 2.75) is 31.6 Å². The molecule has 0 bridgehead atoms. The molecule has 4 rings (SSSR count). The van der Waals surface area contributed by atoms with E-state index in [0.29, 0.717) is 30.2 Å². The number of rotatable bonds is 6. The number of benzene rings is 1. The summed E-state index contributed by atoms with van der Waals surface area (Å²) in [7, 11) is 1.80. The monoisotopic (exact) mass is 370 g/mol. The maximum atomic E-state index is 12.2. The van der Waals surface area contributed by atoms with Gasteiger partial charge in [-0.2, -0.15) is 5.10 Å². The summed E-state index contributed by atoms with van der Waals surface area (Å²) >= 11 is 0. The van der Waals surface area contributed by atoms with Crippen LogP contribution in [0.15, 0.2) is 18.2 Å². The van der Waals surface area contributed by atoms with Crippen molar-refractivity contribution in [3.05, 3.63) is 23.9 Å². The summed E-state index contributed by atoms with van der Waals surface area (Å²) in [5.74, 6) is 0.0843. The van der Waals surface area contributed by atoms with Gasteiger partial charge in [0.25, 0.3) is 5.91 Å². The van der Waals surface area contributed by atoms with Crippen molar-refractivity contribution >= 4 is 28.6 Å². The second-order valence-corrected chi connectivity index (χ2v) is 7.23. The molecule has 0 radical (unpaired) electrons. The SMILES string of the molecule is Cn1nc(C2CCC(=O)NC2=O)c2ccc(OCC(=O)NCC3CC3)cc21. The number of carbonyl (C=O) groups excluding carboxylic acids is 3. The van der Waals surface area contributed by atoms with Gasteiger partial charge in [-0.25, -0.2) is 0 Å². The zero-order valence-electron chi connectivity index (χ0n) is 15.2. The molecule has 1 aromatic heterocycles. The number of hydrogen-bond acceptors (Lipinski definition) is 5. The molecule has 1 aliphatic heterocycles. The standard InChI is InChI=1S/C19H22N4O4/c1-23-15-8-12(27-10-17(25)20-9-11-2-3-11)4-5-13(15)18(22-23)14-6-7-16(24)21-19(14)26/h4-5,8,11,14H,2-3,6-7,9-10H2,1H3,(H,20,25)(H,21,24,26). The van der Waals surface area contributed by atoms with Crippen molar-refractivity contribution < 1.29 is 19.1 Å². The summed E-state index contributed by atoms with van der Waals surface area (Å²) in [6.07, 6.45) is 3.14. The maximum absolute atomic E-state index is 12.2. The van der Waals surface area contributed by atoms with E-state index in [1.807, 2.05) is 12.1 Å². The zero-order valence-corrected chi connectivity index (χ0v) is 15.2. The number of nitrogens with one attached hydrogen (secondary N) is 2. The van der Waals surface area contributed by atoms with E-state index in [2.05, 4.69) is 15.7 Å². The quantitative estimate of drug-likeness (QED) is 0.739. The highest BCUT2D eigenvalue weighted by atomic mass is 16.5. The Morgan fingerprint density at radius 2 is 2.15 bits per heavy atom. The number of hydrogen-bond donors (Lipinski definition) is 2. The van der Waals surface area contributed by atoms with Gasteiger partial charge in [0.15, 0.2) is 6.61 Å². The Labute approximate surface area is 156 Å². The number of aromatic nitrogens is 2. The molecule has 1 saturated heterocycles. The molecule has 3 amide bonds. The number of amides is 3. The first-order valence-corrected chi connectivity index (χ1v) is 9.21. The van der Waals surface area contributed by atoms with E-state index < -0.39 is 5.92 Å². The first-order valence-electron chi connectivity index (χ1n) is 9.21. The molecule has 142 valence electrons. The third kappa shape index (κ3) is 3.79. The van der Waals surface area contributed by atoms with E-state index in [1.54, 1.807) is 17.8 Å². The van der Waals surface area contributed by atoms with E-state index >= 15 is 0 Å². The van der Waals surface area contributed by atoms with Gasteiger partial charge < -0.3 is 10.1 Å². The fourth-order valence-electron chi connectivity index (χ4n) is 3.35. The zero-order chi connectivity index (χ0) is 19.0. The number of fused-ring (bicyclic) bond motifs is 1. The molecule has 8 nitrogen and oxygen atoms in total.